The van der Waals surface area contributed by atoms with E-state index in [1.165, 1.54) is 12.1 Å². The summed E-state index contributed by atoms with van der Waals surface area (Å²) in [5.41, 5.74) is 8.10. The Morgan fingerprint density at radius 3 is 2.09 bits per heavy atom. The van der Waals surface area contributed by atoms with Crippen LogP contribution in [-0.4, -0.2) is 62.9 Å². The molecule has 2 aromatic rings. The highest BCUT2D eigenvalue weighted by Crippen LogP contribution is 2.21. The molecule has 32 heavy (non-hydrogen) atoms. The predicted molar refractivity (Wildman–Crippen MR) is 135 cm³/mol. The summed E-state index contributed by atoms with van der Waals surface area (Å²) in [5, 5.41) is 0. The van der Waals surface area contributed by atoms with Crippen LogP contribution in [0, 0.1) is 5.82 Å². The van der Waals surface area contributed by atoms with Crippen LogP contribution in [0.3, 0.4) is 0 Å². The third kappa shape index (κ3) is 5.70. The topological polar surface area (TPSA) is 82.2 Å². The molecule has 2 fully saturated rings. The van der Waals surface area contributed by atoms with Crippen molar-refractivity contribution in [2.75, 3.05) is 44.2 Å². The second-order valence-corrected chi connectivity index (χ2v) is 9.82. The molecule has 174 valence electrons. The van der Waals surface area contributed by atoms with Crippen LogP contribution in [0.1, 0.15) is 18.4 Å². The van der Waals surface area contributed by atoms with Gasteiger partial charge in [0.2, 0.25) is 10.0 Å². The lowest BCUT2D eigenvalue weighted by atomic mass is 10.2. The molecule has 4 rings (SSSR count). The van der Waals surface area contributed by atoms with Gasteiger partial charge in [0, 0.05) is 45.0 Å². The zero-order valence-corrected chi connectivity index (χ0v) is 21.0. The largest absolute Gasteiger partial charge is 0.370 e. The highest BCUT2D eigenvalue weighted by atomic mass is 127. The van der Waals surface area contributed by atoms with E-state index in [9.17, 15) is 12.8 Å². The Balaban J connectivity index is 0.00000289. The number of rotatable bonds is 5. The SMILES string of the molecule is I.NC(=NCc1ccc(S(=O)(=O)N2CCCC2)cc1)N1CCN(c2ccc(F)cc2)CC1. The monoisotopic (exact) mass is 573 g/mol. The van der Waals surface area contributed by atoms with Crippen LogP contribution in [-0.2, 0) is 16.6 Å². The highest BCUT2D eigenvalue weighted by molar-refractivity contribution is 14.0. The van der Waals surface area contributed by atoms with Gasteiger partial charge in [-0.05, 0) is 54.8 Å². The molecule has 0 spiro atoms. The molecule has 0 atom stereocenters. The first-order valence-electron chi connectivity index (χ1n) is 10.6. The van der Waals surface area contributed by atoms with Crippen LogP contribution < -0.4 is 10.6 Å². The van der Waals surface area contributed by atoms with Crippen molar-refractivity contribution in [1.82, 2.24) is 9.21 Å². The third-order valence-corrected chi connectivity index (χ3v) is 7.76. The maximum atomic E-state index is 13.1. The van der Waals surface area contributed by atoms with Crippen molar-refractivity contribution < 1.29 is 12.8 Å². The molecule has 2 heterocycles. The van der Waals surface area contributed by atoms with Gasteiger partial charge >= 0.3 is 0 Å². The first kappa shape index (κ1) is 24.7. The lowest BCUT2D eigenvalue weighted by Crippen LogP contribution is -2.51. The third-order valence-electron chi connectivity index (χ3n) is 5.85. The second-order valence-electron chi connectivity index (χ2n) is 7.88. The molecule has 0 bridgehead atoms. The van der Waals surface area contributed by atoms with E-state index >= 15 is 0 Å². The quantitative estimate of drug-likeness (QED) is 0.338. The maximum absolute atomic E-state index is 13.1. The number of halogens is 2. The van der Waals surface area contributed by atoms with Crippen LogP contribution in [0.25, 0.3) is 0 Å². The summed E-state index contributed by atoms with van der Waals surface area (Å²) < 4.78 is 39.9. The molecule has 2 aromatic carbocycles. The van der Waals surface area contributed by atoms with Gasteiger partial charge in [-0.15, -0.1) is 24.0 Å². The fourth-order valence-electron chi connectivity index (χ4n) is 3.96. The van der Waals surface area contributed by atoms with Crippen molar-refractivity contribution in [2.45, 2.75) is 24.3 Å². The van der Waals surface area contributed by atoms with E-state index in [0.29, 0.717) is 30.5 Å². The summed E-state index contributed by atoms with van der Waals surface area (Å²) in [4.78, 5) is 9.05. The van der Waals surface area contributed by atoms with E-state index in [4.69, 9.17) is 5.73 Å². The van der Waals surface area contributed by atoms with Gasteiger partial charge in [-0.25, -0.2) is 17.8 Å². The van der Waals surface area contributed by atoms with Crippen molar-refractivity contribution in [3.8, 4) is 0 Å². The zero-order chi connectivity index (χ0) is 21.8. The summed E-state index contributed by atoms with van der Waals surface area (Å²) in [6.07, 6.45) is 1.84. The average molecular weight is 573 g/mol. The molecule has 7 nitrogen and oxygen atoms in total. The molecule has 2 saturated heterocycles. The normalized spacial score (nSPS) is 18.0. The lowest BCUT2D eigenvalue weighted by molar-refractivity contribution is 0.380. The zero-order valence-electron chi connectivity index (χ0n) is 17.9. The molecule has 0 aliphatic carbocycles. The molecule has 0 aromatic heterocycles. The summed E-state index contributed by atoms with van der Waals surface area (Å²) >= 11 is 0. The van der Waals surface area contributed by atoms with E-state index in [2.05, 4.69) is 9.89 Å². The van der Waals surface area contributed by atoms with Gasteiger partial charge in [0.15, 0.2) is 5.96 Å². The van der Waals surface area contributed by atoms with E-state index in [-0.39, 0.29) is 29.8 Å². The fraction of sp³-hybridized carbons (Fsp3) is 0.409. The van der Waals surface area contributed by atoms with E-state index in [1.807, 2.05) is 4.90 Å². The van der Waals surface area contributed by atoms with Gasteiger partial charge in [0.25, 0.3) is 0 Å². The number of nitrogens with zero attached hydrogens (tertiary/aromatic N) is 4. The summed E-state index contributed by atoms with van der Waals surface area (Å²) in [5.74, 6) is 0.243. The highest BCUT2D eigenvalue weighted by Gasteiger charge is 2.26. The van der Waals surface area contributed by atoms with Crippen molar-refractivity contribution in [3.63, 3.8) is 0 Å². The van der Waals surface area contributed by atoms with Gasteiger partial charge < -0.3 is 15.5 Å². The van der Waals surface area contributed by atoms with Crippen LogP contribution in [0.15, 0.2) is 58.4 Å². The Hall–Kier alpha value is -1.92. The fourth-order valence-corrected chi connectivity index (χ4v) is 5.48. The van der Waals surface area contributed by atoms with Crippen molar-refractivity contribution in [3.05, 3.63) is 59.9 Å². The molecule has 0 saturated carbocycles. The van der Waals surface area contributed by atoms with Gasteiger partial charge in [-0.1, -0.05) is 12.1 Å². The number of sulfonamides is 1. The van der Waals surface area contributed by atoms with Gasteiger partial charge in [0.05, 0.1) is 11.4 Å². The number of anilines is 1. The number of aliphatic imine (C=N–C) groups is 1. The minimum Gasteiger partial charge on any atom is -0.370 e. The first-order valence-corrected chi connectivity index (χ1v) is 12.0. The molecule has 0 unspecified atom stereocenters. The number of guanidine groups is 1. The second kappa shape index (κ2) is 10.8. The molecule has 2 aliphatic rings. The molecular formula is C22H29FIN5O2S. The van der Waals surface area contributed by atoms with E-state index in [0.717, 1.165) is 50.3 Å². The van der Waals surface area contributed by atoms with Crippen LogP contribution in [0.2, 0.25) is 0 Å². The minimum absolute atomic E-state index is 0. The smallest absolute Gasteiger partial charge is 0.243 e. The van der Waals surface area contributed by atoms with Crippen molar-refractivity contribution in [2.24, 2.45) is 10.7 Å². The standard InChI is InChI=1S/C22H28FN5O2S.HI/c23-19-5-7-20(8-6-19)26-13-15-27(16-14-26)22(24)25-17-18-3-9-21(10-4-18)31(29,30)28-11-1-2-12-28;/h3-10H,1-2,11-17H2,(H2,24,25);1H. The Morgan fingerprint density at radius 2 is 1.50 bits per heavy atom. The van der Waals surface area contributed by atoms with Crippen LogP contribution in [0.5, 0.6) is 0 Å². The Labute approximate surface area is 206 Å². The van der Waals surface area contributed by atoms with Crippen molar-refractivity contribution >= 4 is 45.6 Å². The van der Waals surface area contributed by atoms with Gasteiger partial charge in [0.1, 0.15) is 5.82 Å². The molecule has 0 amide bonds. The number of hydrogen-bond donors (Lipinski definition) is 1. The summed E-state index contributed by atoms with van der Waals surface area (Å²) in [7, 11) is -3.40. The number of hydrogen-bond acceptors (Lipinski definition) is 4. The van der Waals surface area contributed by atoms with Crippen LogP contribution in [0.4, 0.5) is 10.1 Å². The number of nitrogens with two attached hydrogens (primary N) is 1. The Bertz CT molecular complexity index is 1020. The van der Waals surface area contributed by atoms with Crippen molar-refractivity contribution in [1.29, 1.82) is 0 Å². The average Bonchev–Trinajstić information content (AvgIpc) is 3.34. The molecular weight excluding hydrogens is 544 g/mol. The molecule has 2 N–H and O–H groups in total. The van der Waals surface area contributed by atoms with E-state index < -0.39 is 10.0 Å². The maximum Gasteiger partial charge on any atom is 0.243 e. The van der Waals surface area contributed by atoms with E-state index in [1.54, 1.807) is 40.7 Å². The number of benzene rings is 2. The van der Waals surface area contributed by atoms with Gasteiger partial charge in [-0.3, -0.25) is 0 Å². The lowest BCUT2D eigenvalue weighted by Gasteiger charge is -2.36. The molecule has 2 aliphatic heterocycles. The Kier molecular flexibility index (Phi) is 8.34. The first-order chi connectivity index (χ1) is 14.9. The molecule has 0 radical (unpaired) electrons. The molecule has 10 heteroatoms. The summed E-state index contributed by atoms with van der Waals surface area (Å²) in [6.45, 7) is 4.63. The number of piperazine rings is 1. The Morgan fingerprint density at radius 1 is 0.906 bits per heavy atom. The summed E-state index contributed by atoms with van der Waals surface area (Å²) in [6, 6.07) is 13.4. The predicted octanol–water partition coefficient (Wildman–Crippen LogP) is 2.87. The van der Waals surface area contributed by atoms with Gasteiger partial charge in [-0.2, -0.15) is 4.31 Å². The van der Waals surface area contributed by atoms with Crippen LogP contribution >= 0.6 is 24.0 Å². The minimum atomic E-state index is -3.40.